The molecule has 7 nitrogen and oxygen atoms in total. The standard InChI is InChI=1S/C20H20ClN3O4S2/c1-3-24-19(26)17(12-18(25)22-16-7-5-4-6-13(16)2)29-20(24)23-30(27,28)15-10-8-14(21)9-11-15/h4-11,17H,3,12H2,1-2H3,(H,22,25)/b23-20+. The Morgan fingerprint density at radius 2 is 1.87 bits per heavy atom. The van der Waals surface area contributed by atoms with Crippen molar-refractivity contribution in [1.82, 2.24) is 4.90 Å². The zero-order chi connectivity index (χ0) is 21.9. The molecular formula is C20H20ClN3O4S2. The molecule has 2 aromatic rings. The van der Waals surface area contributed by atoms with Crippen LogP contribution in [0.25, 0.3) is 0 Å². The van der Waals surface area contributed by atoms with E-state index in [4.69, 9.17) is 11.6 Å². The van der Waals surface area contributed by atoms with Gasteiger partial charge in [-0.05, 0) is 49.7 Å². The number of nitrogens with one attached hydrogen (secondary N) is 1. The van der Waals surface area contributed by atoms with E-state index < -0.39 is 15.3 Å². The third-order valence-electron chi connectivity index (χ3n) is 4.44. The molecule has 2 aromatic carbocycles. The fourth-order valence-corrected chi connectivity index (χ4v) is 5.39. The molecule has 0 bridgehead atoms. The van der Waals surface area contributed by atoms with Crippen molar-refractivity contribution < 1.29 is 18.0 Å². The van der Waals surface area contributed by atoms with Crippen LogP contribution < -0.4 is 5.32 Å². The lowest BCUT2D eigenvalue weighted by atomic mass is 10.2. The van der Waals surface area contributed by atoms with E-state index >= 15 is 0 Å². The van der Waals surface area contributed by atoms with E-state index in [2.05, 4.69) is 9.71 Å². The van der Waals surface area contributed by atoms with Gasteiger partial charge in [0.2, 0.25) is 11.8 Å². The first kappa shape index (κ1) is 22.3. The van der Waals surface area contributed by atoms with Crippen LogP contribution in [0.4, 0.5) is 5.69 Å². The lowest BCUT2D eigenvalue weighted by Crippen LogP contribution is -2.33. The van der Waals surface area contributed by atoms with Crippen molar-refractivity contribution in [2.75, 3.05) is 11.9 Å². The van der Waals surface area contributed by atoms with Crippen molar-refractivity contribution in [3.05, 3.63) is 59.1 Å². The summed E-state index contributed by atoms with van der Waals surface area (Å²) >= 11 is 6.79. The summed E-state index contributed by atoms with van der Waals surface area (Å²) in [5, 5.41) is 2.51. The maximum atomic E-state index is 12.7. The van der Waals surface area contributed by atoms with Gasteiger partial charge in [0.05, 0.1) is 4.90 Å². The van der Waals surface area contributed by atoms with E-state index in [1.165, 1.54) is 29.2 Å². The van der Waals surface area contributed by atoms with Crippen LogP contribution in [0.5, 0.6) is 0 Å². The monoisotopic (exact) mass is 465 g/mol. The van der Waals surface area contributed by atoms with Gasteiger partial charge in [-0.25, -0.2) is 0 Å². The highest BCUT2D eigenvalue weighted by Gasteiger charge is 2.39. The summed E-state index contributed by atoms with van der Waals surface area (Å²) in [4.78, 5) is 26.4. The second kappa shape index (κ2) is 9.20. The van der Waals surface area contributed by atoms with Crippen molar-refractivity contribution in [3.8, 4) is 0 Å². The molecule has 1 fully saturated rings. The summed E-state index contributed by atoms with van der Waals surface area (Å²) in [5.41, 5.74) is 1.58. The quantitative estimate of drug-likeness (QED) is 0.701. The van der Waals surface area contributed by atoms with Gasteiger partial charge >= 0.3 is 0 Å². The molecule has 3 rings (SSSR count). The molecule has 10 heteroatoms. The first-order valence-electron chi connectivity index (χ1n) is 9.15. The summed E-state index contributed by atoms with van der Waals surface area (Å²) in [5.74, 6) is -0.666. The zero-order valence-electron chi connectivity index (χ0n) is 16.3. The van der Waals surface area contributed by atoms with Crippen molar-refractivity contribution >= 4 is 56.1 Å². The molecular weight excluding hydrogens is 446 g/mol. The largest absolute Gasteiger partial charge is 0.326 e. The summed E-state index contributed by atoms with van der Waals surface area (Å²) in [6.07, 6.45) is -0.0889. The van der Waals surface area contributed by atoms with Crippen LogP contribution in [0.3, 0.4) is 0 Å². The molecule has 30 heavy (non-hydrogen) atoms. The Kier molecular flexibility index (Phi) is 6.84. The van der Waals surface area contributed by atoms with Crippen molar-refractivity contribution in [3.63, 3.8) is 0 Å². The number of sulfonamides is 1. The van der Waals surface area contributed by atoms with Gasteiger partial charge < -0.3 is 5.32 Å². The van der Waals surface area contributed by atoms with Gasteiger partial charge in [0.25, 0.3) is 10.0 Å². The molecule has 1 heterocycles. The molecule has 158 valence electrons. The third kappa shape index (κ3) is 5.03. The first-order valence-corrected chi connectivity index (χ1v) is 11.8. The Morgan fingerprint density at radius 1 is 1.20 bits per heavy atom. The minimum absolute atomic E-state index is 0.0238. The number of rotatable bonds is 6. The molecule has 1 aliphatic heterocycles. The maximum absolute atomic E-state index is 12.7. The van der Waals surface area contributed by atoms with E-state index in [0.29, 0.717) is 10.7 Å². The van der Waals surface area contributed by atoms with Gasteiger partial charge in [-0.2, -0.15) is 8.42 Å². The Labute approximate surface area is 184 Å². The summed E-state index contributed by atoms with van der Waals surface area (Å²) in [6.45, 7) is 3.84. The minimum atomic E-state index is -4.02. The molecule has 1 unspecified atom stereocenters. The number of benzene rings is 2. The van der Waals surface area contributed by atoms with Gasteiger partial charge in [0.15, 0.2) is 5.17 Å². The predicted molar refractivity (Wildman–Crippen MR) is 119 cm³/mol. The number of para-hydroxylation sites is 1. The molecule has 0 aromatic heterocycles. The highest BCUT2D eigenvalue weighted by atomic mass is 35.5. The lowest BCUT2D eigenvalue weighted by Gasteiger charge is -2.13. The second-order valence-corrected chi connectivity index (χ2v) is 9.77. The number of carbonyl (C=O) groups excluding carboxylic acids is 2. The minimum Gasteiger partial charge on any atom is -0.326 e. The van der Waals surface area contributed by atoms with E-state index in [-0.39, 0.29) is 34.8 Å². The molecule has 0 aliphatic carbocycles. The van der Waals surface area contributed by atoms with Crippen LogP contribution in [-0.4, -0.2) is 42.1 Å². The highest BCUT2D eigenvalue weighted by Crippen LogP contribution is 2.31. The number of thioether (sulfide) groups is 1. The van der Waals surface area contributed by atoms with Gasteiger partial charge in [-0.1, -0.05) is 41.6 Å². The Hall–Kier alpha value is -2.36. The number of amidine groups is 1. The van der Waals surface area contributed by atoms with E-state index in [1.54, 1.807) is 13.0 Å². The second-order valence-electron chi connectivity index (χ2n) is 6.56. The molecule has 1 aliphatic rings. The van der Waals surface area contributed by atoms with Gasteiger partial charge in [-0.15, -0.1) is 4.40 Å². The number of nitrogens with zero attached hydrogens (tertiary/aromatic N) is 2. The Morgan fingerprint density at radius 3 is 2.50 bits per heavy atom. The van der Waals surface area contributed by atoms with Gasteiger partial charge in [0, 0.05) is 23.7 Å². The molecule has 0 saturated carbocycles. The summed E-state index contributed by atoms with van der Waals surface area (Å²) in [7, 11) is -4.02. The average Bonchev–Trinajstić information content (AvgIpc) is 2.97. The van der Waals surface area contributed by atoms with E-state index in [9.17, 15) is 18.0 Å². The zero-order valence-corrected chi connectivity index (χ0v) is 18.7. The van der Waals surface area contributed by atoms with Crippen LogP contribution >= 0.6 is 23.4 Å². The number of hydrogen-bond donors (Lipinski definition) is 1. The third-order valence-corrected chi connectivity index (χ3v) is 7.26. The molecule has 1 atom stereocenters. The van der Waals surface area contributed by atoms with E-state index in [0.717, 1.165) is 17.3 Å². The average molecular weight is 466 g/mol. The number of hydrogen-bond acceptors (Lipinski definition) is 5. The fraction of sp³-hybridized carbons (Fsp3) is 0.250. The SMILES string of the molecule is CCN1C(=O)C(CC(=O)Nc2ccccc2C)S/C1=N/S(=O)(=O)c1ccc(Cl)cc1. The normalized spacial score (nSPS) is 18.1. The number of aryl methyl sites for hydroxylation is 1. The van der Waals surface area contributed by atoms with Gasteiger partial charge in [0.1, 0.15) is 5.25 Å². The Balaban J connectivity index is 1.77. The predicted octanol–water partition coefficient (Wildman–Crippen LogP) is 3.69. The highest BCUT2D eigenvalue weighted by molar-refractivity contribution is 8.16. The van der Waals surface area contributed by atoms with Crippen LogP contribution in [0.2, 0.25) is 5.02 Å². The molecule has 2 amide bonds. The van der Waals surface area contributed by atoms with Crippen LogP contribution in [0, 0.1) is 6.92 Å². The fourth-order valence-electron chi connectivity index (χ4n) is 2.85. The smallest absolute Gasteiger partial charge is 0.284 e. The van der Waals surface area contributed by atoms with Crippen molar-refractivity contribution in [2.45, 2.75) is 30.4 Å². The van der Waals surface area contributed by atoms with E-state index in [1.807, 2.05) is 25.1 Å². The van der Waals surface area contributed by atoms with Crippen LogP contribution in [0.1, 0.15) is 18.9 Å². The summed E-state index contributed by atoms with van der Waals surface area (Å²) < 4.78 is 29.1. The molecule has 1 N–H and O–H groups in total. The first-order chi connectivity index (χ1) is 14.2. The number of amides is 2. The number of anilines is 1. The van der Waals surface area contributed by atoms with Crippen molar-refractivity contribution in [2.24, 2.45) is 4.40 Å². The Bertz CT molecular complexity index is 1100. The number of halogens is 1. The molecule has 0 spiro atoms. The lowest BCUT2D eigenvalue weighted by molar-refractivity contribution is -0.128. The van der Waals surface area contributed by atoms with Crippen molar-refractivity contribution in [1.29, 1.82) is 0 Å². The maximum Gasteiger partial charge on any atom is 0.284 e. The number of carbonyl (C=O) groups is 2. The summed E-state index contributed by atoms with van der Waals surface area (Å²) in [6, 6.07) is 12.9. The topological polar surface area (TPSA) is 95.9 Å². The van der Waals surface area contributed by atoms with Gasteiger partial charge in [-0.3, -0.25) is 14.5 Å². The molecule has 0 radical (unpaired) electrons. The molecule has 1 saturated heterocycles. The van der Waals surface area contributed by atoms with Crippen LogP contribution in [0.15, 0.2) is 57.8 Å². The van der Waals surface area contributed by atoms with Crippen LogP contribution in [-0.2, 0) is 19.6 Å².